The summed E-state index contributed by atoms with van der Waals surface area (Å²) in [5.74, 6) is 0.245. The molecule has 17 heavy (non-hydrogen) atoms. The van der Waals surface area contributed by atoms with Crippen LogP contribution in [0.1, 0.15) is 53.3 Å². The first-order valence-corrected chi connectivity index (χ1v) is 7.13. The van der Waals surface area contributed by atoms with Crippen molar-refractivity contribution in [1.82, 2.24) is 0 Å². The van der Waals surface area contributed by atoms with E-state index in [1.807, 2.05) is 0 Å². The first-order chi connectivity index (χ1) is 8.02. The minimum Gasteiger partial charge on any atom is -0.165 e. The third-order valence-electron chi connectivity index (χ3n) is 3.25. The highest BCUT2D eigenvalue weighted by atomic mass is 35.5. The Labute approximate surface area is 108 Å². The molecular formula is C12H14ClF3S. The molecule has 1 aliphatic carbocycles. The van der Waals surface area contributed by atoms with Gasteiger partial charge in [-0.25, -0.2) is 0 Å². The number of alkyl halides is 4. The second-order valence-corrected chi connectivity index (χ2v) is 5.87. The van der Waals surface area contributed by atoms with Crippen molar-refractivity contribution in [3.8, 4) is 0 Å². The molecule has 1 aromatic rings. The van der Waals surface area contributed by atoms with Crippen LogP contribution in [0.4, 0.5) is 13.2 Å². The Morgan fingerprint density at radius 3 is 2.41 bits per heavy atom. The summed E-state index contributed by atoms with van der Waals surface area (Å²) in [7, 11) is 0. The van der Waals surface area contributed by atoms with Gasteiger partial charge in [0.2, 0.25) is 0 Å². The smallest absolute Gasteiger partial charge is 0.165 e. The zero-order chi connectivity index (χ0) is 12.5. The standard InChI is InChI=1S/C12H14ClF3S/c13-7-9-6-10(8-4-2-1-3-5-8)11(17-9)12(14,15)16/h6,8H,1-5,7H2. The molecule has 0 aliphatic heterocycles. The first-order valence-electron chi connectivity index (χ1n) is 5.78. The quantitative estimate of drug-likeness (QED) is 0.624. The minimum atomic E-state index is -4.23. The number of rotatable bonds is 2. The fraction of sp³-hybridized carbons (Fsp3) is 0.667. The molecule has 1 aromatic heterocycles. The second kappa shape index (κ2) is 5.19. The number of hydrogen-bond donors (Lipinski definition) is 0. The molecule has 0 N–H and O–H groups in total. The van der Waals surface area contributed by atoms with Gasteiger partial charge in [0, 0.05) is 4.88 Å². The predicted molar refractivity (Wildman–Crippen MR) is 64.7 cm³/mol. The highest BCUT2D eigenvalue weighted by molar-refractivity contribution is 7.12. The molecule has 0 bridgehead atoms. The van der Waals surface area contributed by atoms with Crippen molar-refractivity contribution in [3.05, 3.63) is 21.4 Å². The molecule has 0 nitrogen and oxygen atoms in total. The van der Waals surface area contributed by atoms with E-state index in [-0.39, 0.29) is 11.8 Å². The van der Waals surface area contributed by atoms with Crippen molar-refractivity contribution in [1.29, 1.82) is 0 Å². The number of hydrogen-bond acceptors (Lipinski definition) is 1. The molecule has 96 valence electrons. The molecule has 1 aliphatic rings. The van der Waals surface area contributed by atoms with Crippen LogP contribution in [0.25, 0.3) is 0 Å². The molecule has 2 rings (SSSR count). The van der Waals surface area contributed by atoms with E-state index in [9.17, 15) is 13.2 Å². The third kappa shape index (κ3) is 2.97. The lowest BCUT2D eigenvalue weighted by Gasteiger charge is -2.22. The van der Waals surface area contributed by atoms with Gasteiger partial charge in [-0.2, -0.15) is 13.2 Å². The van der Waals surface area contributed by atoms with E-state index in [4.69, 9.17) is 11.6 Å². The molecule has 1 fully saturated rings. The van der Waals surface area contributed by atoms with Crippen LogP contribution in [0, 0.1) is 0 Å². The summed E-state index contributed by atoms with van der Waals surface area (Å²) in [4.78, 5) is 0.194. The van der Waals surface area contributed by atoms with Crippen molar-refractivity contribution in [2.75, 3.05) is 0 Å². The topological polar surface area (TPSA) is 0 Å². The SMILES string of the molecule is FC(F)(F)c1sc(CCl)cc1C1CCCCC1. The molecule has 0 spiro atoms. The van der Waals surface area contributed by atoms with E-state index in [0.717, 1.165) is 43.4 Å². The summed E-state index contributed by atoms with van der Waals surface area (Å²) in [6.07, 6.45) is 0.733. The van der Waals surface area contributed by atoms with Crippen LogP contribution in [-0.2, 0) is 12.1 Å². The number of halogens is 4. The lowest BCUT2D eigenvalue weighted by atomic mass is 9.84. The van der Waals surface area contributed by atoms with E-state index in [0.29, 0.717) is 10.4 Å². The molecule has 1 saturated carbocycles. The van der Waals surface area contributed by atoms with Gasteiger partial charge in [-0.05, 0) is 30.4 Å². The highest BCUT2D eigenvalue weighted by Crippen LogP contribution is 2.45. The summed E-state index contributed by atoms with van der Waals surface area (Å²) in [5, 5.41) is 0. The van der Waals surface area contributed by atoms with Gasteiger partial charge >= 0.3 is 6.18 Å². The Bertz CT molecular complexity index is 378. The molecule has 0 aromatic carbocycles. The molecule has 0 radical (unpaired) electrons. The summed E-state index contributed by atoms with van der Waals surface area (Å²) in [6.45, 7) is 0. The van der Waals surface area contributed by atoms with Crippen LogP contribution in [0.3, 0.4) is 0 Å². The molecule has 1 heterocycles. The Kier molecular flexibility index (Phi) is 4.03. The van der Waals surface area contributed by atoms with Crippen molar-refractivity contribution in [3.63, 3.8) is 0 Å². The molecule has 0 saturated heterocycles. The first kappa shape index (κ1) is 13.2. The van der Waals surface area contributed by atoms with Crippen molar-refractivity contribution in [2.24, 2.45) is 0 Å². The van der Waals surface area contributed by atoms with Crippen molar-refractivity contribution < 1.29 is 13.2 Å². The van der Waals surface area contributed by atoms with Gasteiger partial charge in [0.25, 0.3) is 0 Å². The van der Waals surface area contributed by atoms with Gasteiger partial charge in [0.1, 0.15) is 4.88 Å². The van der Waals surface area contributed by atoms with Gasteiger partial charge < -0.3 is 0 Å². The lowest BCUT2D eigenvalue weighted by Crippen LogP contribution is -2.11. The Morgan fingerprint density at radius 2 is 1.88 bits per heavy atom. The third-order valence-corrected chi connectivity index (χ3v) is 4.89. The van der Waals surface area contributed by atoms with E-state index < -0.39 is 11.1 Å². The molecule has 0 unspecified atom stereocenters. The average Bonchev–Trinajstić information content (AvgIpc) is 2.74. The minimum absolute atomic E-state index is 0.0774. The van der Waals surface area contributed by atoms with Crippen LogP contribution in [-0.4, -0.2) is 0 Å². The maximum Gasteiger partial charge on any atom is 0.425 e. The zero-order valence-electron chi connectivity index (χ0n) is 9.32. The van der Waals surface area contributed by atoms with Gasteiger partial charge in [-0.3, -0.25) is 0 Å². The van der Waals surface area contributed by atoms with Crippen LogP contribution in [0.2, 0.25) is 0 Å². The van der Waals surface area contributed by atoms with Crippen LogP contribution >= 0.6 is 22.9 Å². The van der Waals surface area contributed by atoms with Gasteiger partial charge in [-0.15, -0.1) is 22.9 Å². The van der Waals surface area contributed by atoms with E-state index in [1.165, 1.54) is 0 Å². The maximum absolute atomic E-state index is 12.9. The Hall–Kier alpha value is -0.220. The Balaban J connectivity index is 2.33. The van der Waals surface area contributed by atoms with Crippen LogP contribution in [0.5, 0.6) is 0 Å². The van der Waals surface area contributed by atoms with Crippen molar-refractivity contribution >= 4 is 22.9 Å². The average molecular weight is 283 g/mol. The molecular weight excluding hydrogens is 269 g/mol. The fourth-order valence-electron chi connectivity index (χ4n) is 2.46. The largest absolute Gasteiger partial charge is 0.425 e. The monoisotopic (exact) mass is 282 g/mol. The van der Waals surface area contributed by atoms with E-state index in [2.05, 4.69) is 0 Å². The fourth-order valence-corrected chi connectivity index (χ4v) is 3.67. The van der Waals surface area contributed by atoms with E-state index in [1.54, 1.807) is 6.07 Å². The van der Waals surface area contributed by atoms with Crippen molar-refractivity contribution in [2.45, 2.75) is 50.1 Å². The van der Waals surface area contributed by atoms with E-state index >= 15 is 0 Å². The van der Waals surface area contributed by atoms with Gasteiger partial charge in [0.05, 0.1) is 5.88 Å². The summed E-state index contributed by atoms with van der Waals surface area (Å²) in [5.41, 5.74) is 0.484. The summed E-state index contributed by atoms with van der Waals surface area (Å²) in [6, 6.07) is 1.66. The second-order valence-electron chi connectivity index (χ2n) is 4.46. The van der Waals surface area contributed by atoms with Gasteiger partial charge in [0.15, 0.2) is 0 Å². The Morgan fingerprint density at radius 1 is 1.24 bits per heavy atom. The highest BCUT2D eigenvalue weighted by Gasteiger charge is 2.37. The molecule has 0 amide bonds. The predicted octanol–water partition coefficient (Wildman–Crippen LogP) is 5.55. The maximum atomic E-state index is 12.9. The molecule has 5 heteroatoms. The van der Waals surface area contributed by atoms with Crippen LogP contribution in [0.15, 0.2) is 6.07 Å². The zero-order valence-corrected chi connectivity index (χ0v) is 10.9. The normalized spacial score (nSPS) is 18.6. The lowest BCUT2D eigenvalue weighted by molar-refractivity contribution is -0.135. The summed E-state index contributed by atoms with van der Waals surface area (Å²) < 4.78 is 38.8. The van der Waals surface area contributed by atoms with Crippen LogP contribution < -0.4 is 0 Å². The number of thiophene rings is 1. The summed E-state index contributed by atoms with van der Waals surface area (Å²) >= 11 is 6.45. The van der Waals surface area contributed by atoms with Gasteiger partial charge in [-0.1, -0.05) is 19.3 Å². The molecule has 0 atom stereocenters.